The summed E-state index contributed by atoms with van der Waals surface area (Å²) in [5.41, 5.74) is 0.689. The van der Waals surface area contributed by atoms with E-state index in [4.69, 9.17) is 4.74 Å². The second-order valence-corrected chi connectivity index (χ2v) is 4.69. The number of carbonyl (C=O) groups is 1. The van der Waals surface area contributed by atoms with Gasteiger partial charge in [0.25, 0.3) is 5.91 Å². The molecule has 86 valence electrons. The molecule has 2 rings (SSSR count). The van der Waals surface area contributed by atoms with Crippen LogP contribution in [-0.4, -0.2) is 25.2 Å². The summed E-state index contributed by atoms with van der Waals surface area (Å²) in [6, 6.07) is 7.70. The molecule has 1 fully saturated rings. The van der Waals surface area contributed by atoms with Crippen molar-refractivity contribution >= 4 is 21.8 Å². The summed E-state index contributed by atoms with van der Waals surface area (Å²) in [5.74, 6) is -0.0145. The minimum atomic E-state index is -0.0145. The summed E-state index contributed by atoms with van der Waals surface area (Å²) >= 11 is 3.38. The van der Waals surface area contributed by atoms with E-state index in [2.05, 4.69) is 21.2 Å². The first-order valence-corrected chi connectivity index (χ1v) is 6.20. The lowest BCUT2D eigenvalue weighted by Gasteiger charge is -2.23. The Labute approximate surface area is 103 Å². The largest absolute Gasteiger partial charge is 0.381 e. The molecule has 1 aliphatic heterocycles. The first-order chi connectivity index (χ1) is 7.77. The van der Waals surface area contributed by atoms with Crippen molar-refractivity contribution in [2.24, 2.45) is 0 Å². The summed E-state index contributed by atoms with van der Waals surface area (Å²) in [5, 5.41) is 3.03. The third-order valence-corrected chi connectivity index (χ3v) is 3.37. The van der Waals surface area contributed by atoms with Gasteiger partial charge in [-0.2, -0.15) is 0 Å². The van der Waals surface area contributed by atoms with Crippen LogP contribution in [0, 0.1) is 0 Å². The van der Waals surface area contributed by atoms with Crippen molar-refractivity contribution in [2.75, 3.05) is 13.2 Å². The Hall–Kier alpha value is -0.870. The molecular formula is C12H14BrNO2. The molecule has 0 aromatic heterocycles. The monoisotopic (exact) mass is 283 g/mol. The third-order valence-electron chi connectivity index (χ3n) is 2.68. The molecule has 0 bridgehead atoms. The maximum atomic E-state index is 12.0. The van der Waals surface area contributed by atoms with Gasteiger partial charge in [-0.1, -0.05) is 12.1 Å². The van der Waals surface area contributed by atoms with Crippen LogP contribution in [-0.2, 0) is 4.74 Å². The third kappa shape index (κ3) is 2.83. The molecule has 0 saturated carbocycles. The molecule has 1 N–H and O–H groups in total. The van der Waals surface area contributed by atoms with E-state index in [1.807, 2.05) is 24.3 Å². The van der Waals surface area contributed by atoms with Crippen LogP contribution >= 0.6 is 15.9 Å². The Morgan fingerprint density at radius 2 is 2.00 bits per heavy atom. The molecule has 0 spiro atoms. The topological polar surface area (TPSA) is 38.3 Å². The van der Waals surface area contributed by atoms with Crippen LogP contribution in [0.4, 0.5) is 0 Å². The molecule has 0 atom stereocenters. The number of carbonyl (C=O) groups excluding carboxylic acids is 1. The van der Waals surface area contributed by atoms with E-state index in [0.717, 1.165) is 30.5 Å². The highest BCUT2D eigenvalue weighted by atomic mass is 79.9. The van der Waals surface area contributed by atoms with Gasteiger partial charge in [0.2, 0.25) is 0 Å². The first-order valence-electron chi connectivity index (χ1n) is 5.40. The molecule has 1 saturated heterocycles. The highest BCUT2D eigenvalue weighted by Gasteiger charge is 2.17. The van der Waals surface area contributed by atoms with Crippen molar-refractivity contribution in [1.82, 2.24) is 5.32 Å². The molecule has 1 heterocycles. The normalized spacial score (nSPS) is 17.1. The molecule has 4 heteroatoms. The van der Waals surface area contributed by atoms with E-state index in [1.165, 1.54) is 0 Å². The number of hydrogen-bond donors (Lipinski definition) is 1. The Balaban J connectivity index is 2.00. The van der Waals surface area contributed by atoms with Gasteiger partial charge >= 0.3 is 0 Å². The van der Waals surface area contributed by atoms with E-state index in [9.17, 15) is 4.79 Å². The number of amides is 1. The van der Waals surface area contributed by atoms with Gasteiger partial charge < -0.3 is 10.1 Å². The fourth-order valence-corrected chi connectivity index (χ4v) is 2.22. The van der Waals surface area contributed by atoms with Crippen LogP contribution in [0.3, 0.4) is 0 Å². The van der Waals surface area contributed by atoms with E-state index in [-0.39, 0.29) is 11.9 Å². The Kier molecular flexibility index (Phi) is 3.96. The highest BCUT2D eigenvalue weighted by Crippen LogP contribution is 2.16. The molecule has 0 aliphatic carbocycles. The van der Waals surface area contributed by atoms with Crippen molar-refractivity contribution in [1.29, 1.82) is 0 Å². The summed E-state index contributed by atoms with van der Waals surface area (Å²) in [6.45, 7) is 1.47. The van der Waals surface area contributed by atoms with E-state index in [1.54, 1.807) is 0 Å². The van der Waals surface area contributed by atoms with Crippen LogP contribution in [0.2, 0.25) is 0 Å². The van der Waals surface area contributed by atoms with Gasteiger partial charge in [-0.25, -0.2) is 0 Å². The van der Waals surface area contributed by atoms with Crippen molar-refractivity contribution in [3.8, 4) is 0 Å². The maximum absolute atomic E-state index is 12.0. The highest BCUT2D eigenvalue weighted by molar-refractivity contribution is 9.10. The van der Waals surface area contributed by atoms with Gasteiger partial charge in [-0.3, -0.25) is 4.79 Å². The molecule has 0 radical (unpaired) electrons. The molecule has 0 unspecified atom stereocenters. The molecule has 1 aliphatic rings. The fourth-order valence-electron chi connectivity index (χ4n) is 1.75. The van der Waals surface area contributed by atoms with Crippen molar-refractivity contribution in [3.05, 3.63) is 34.3 Å². The second-order valence-electron chi connectivity index (χ2n) is 3.84. The second kappa shape index (κ2) is 5.46. The number of halogens is 1. The zero-order valence-corrected chi connectivity index (χ0v) is 10.5. The Morgan fingerprint density at radius 3 is 2.69 bits per heavy atom. The molecule has 1 aromatic carbocycles. The average molecular weight is 284 g/mol. The number of hydrogen-bond acceptors (Lipinski definition) is 2. The maximum Gasteiger partial charge on any atom is 0.252 e. The lowest BCUT2D eigenvalue weighted by Crippen LogP contribution is -2.39. The smallest absolute Gasteiger partial charge is 0.252 e. The van der Waals surface area contributed by atoms with E-state index >= 15 is 0 Å². The molecule has 3 nitrogen and oxygen atoms in total. The quantitative estimate of drug-likeness (QED) is 0.905. The molecular weight excluding hydrogens is 270 g/mol. The summed E-state index contributed by atoms with van der Waals surface area (Å²) < 4.78 is 6.08. The van der Waals surface area contributed by atoms with Crippen LogP contribution < -0.4 is 5.32 Å². The standard InChI is InChI=1S/C12H14BrNO2/c13-11-4-2-1-3-10(11)12(15)14-9-5-7-16-8-6-9/h1-4,9H,5-8H2,(H,14,15). The Morgan fingerprint density at radius 1 is 1.31 bits per heavy atom. The van der Waals surface area contributed by atoms with Gasteiger partial charge in [-0.05, 0) is 40.9 Å². The first kappa shape index (κ1) is 11.6. The average Bonchev–Trinajstić information content (AvgIpc) is 2.31. The van der Waals surface area contributed by atoms with Crippen molar-refractivity contribution in [2.45, 2.75) is 18.9 Å². The van der Waals surface area contributed by atoms with E-state index in [0.29, 0.717) is 5.56 Å². The number of benzene rings is 1. The zero-order valence-electron chi connectivity index (χ0n) is 8.91. The minimum Gasteiger partial charge on any atom is -0.381 e. The van der Waals surface area contributed by atoms with Gasteiger partial charge in [0, 0.05) is 23.7 Å². The van der Waals surface area contributed by atoms with Crippen LogP contribution in [0.15, 0.2) is 28.7 Å². The van der Waals surface area contributed by atoms with E-state index < -0.39 is 0 Å². The lowest BCUT2D eigenvalue weighted by atomic mass is 10.1. The van der Waals surface area contributed by atoms with Crippen molar-refractivity contribution < 1.29 is 9.53 Å². The summed E-state index contributed by atoms with van der Waals surface area (Å²) in [6.07, 6.45) is 1.80. The van der Waals surface area contributed by atoms with Gasteiger partial charge in [0.05, 0.1) is 5.56 Å². The van der Waals surface area contributed by atoms with Gasteiger partial charge in [-0.15, -0.1) is 0 Å². The predicted molar refractivity (Wildman–Crippen MR) is 65.4 cm³/mol. The lowest BCUT2D eigenvalue weighted by molar-refractivity contribution is 0.0696. The van der Waals surface area contributed by atoms with Crippen LogP contribution in [0.5, 0.6) is 0 Å². The van der Waals surface area contributed by atoms with Crippen LogP contribution in [0.25, 0.3) is 0 Å². The van der Waals surface area contributed by atoms with Gasteiger partial charge in [0.1, 0.15) is 0 Å². The fraction of sp³-hybridized carbons (Fsp3) is 0.417. The van der Waals surface area contributed by atoms with Gasteiger partial charge in [0.15, 0.2) is 0 Å². The minimum absolute atomic E-state index is 0.0145. The zero-order chi connectivity index (χ0) is 11.4. The number of ether oxygens (including phenoxy) is 1. The van der Waals surface area contributed by atoms with Crippen LogP contribution in [0.1, 0.15) is 23.2 Å². The predicted octanol–water partition coefficient (Wildman–Crippen LogP) is 2.36. The molecule has 16 heavy (non-hydrogen) atoms. The number of nitrogens with one attached hydrogen (secondary N) is 1. The summed E-state index contributed by atoms with van der Waals surface area (Å²) in [7, 11) is 0. The Bertz CT molecular complexity index is 375. The molecule has 1 amide bonds. The summed E-state index contributed by atoms with van der Waals surface area (Å²) in [4.78, 5) is 12.0. The molecule has 1 aromatic rings. The van der Waals surface area contributed by atoms with Crippen molar-refractivity contribution in [3.63, 3.8) is 0 Å². The number of rotatable bonds is 2. The SMILES string of the molecule is O=C(NC1CCOCC1)c1ccccc1Br.